The minimum Gasteiger partial charge on any atom is -0.491 e. The molecule has 8 heteroatoms. The monoisotopic (exact) mass is 464 g/mol. The molecule has 0 aliphatic heterocycles. The number of pyridine rings is 2. The Labute approximate surface area is 201 Å². The van der Waals surface area contributed by atoms with Crippen molar-refractivity contribution in [1.29, 1.82) is 0 Å². The number of likely N-dealkylation sites (N-methyl/N-ethyl adjacent to an activating group) is 1. The van der Waals surface area contributed by atoms with E-state index in [9.17, 15) is 0 Å². The van der Waals surface area contributed by atoms with Gasteiger partial charge in [0.1, 0.15) is 18.1 Å². The summed E-state index contributed by atoms with van der Waals surface area (Å²) in [4.78, 5) is 14.4. The fraction of sp³-hybridized carbons (Fsp3) is 0.148. The zero-order chi connectivity index (χ0) is 23.8. The Morgan fingerprint density at radius 3 is 2.66 bits per heavy atom. The summed E-state index contributed by atoms with van der Waals surface area (Å²) in [5.74, 6) is 0.756. The third-order valence-electron chi connectivity index (χ3n) is 6.05. The van der Waals surface area contributed by atoms with Gasteiger partial charge in [-0.25, -0.2) is 0 Å². The number of hydrogen-bond acceptors (Lipinski definition) is 6. The molecule has 0 radical (unpaired) electrons. The molecule has 35 heavy (non-hydrogen) atoms. The van der Waals surface area contributed by atoms with E-state index in [0.717, 1.165) is 67.7 Å². The van der Waals surface area contributed by atoms with Crippen LogP contribution in [0.15, 0.2) is 78.1 Å². The Morgan fingerprint density at radius 2 is 1.80 bits per heavy atom. The molecule has 6 rings (SSSR count). The number of hydrogen-bond donors (Lipinski definition) is 2. The van der Waals surface area contributed by atoms with E-state index in [0.29, 0.717) is 6.61 Å². The summed E-state index contributed by atoms with van der Waals surface area (Å²) in [5, 5.41) is 9.86. The lowest BCUT2D eigenvalue weighted by Gasteiger charge is -2.11. The van der Waals surface area contributed by atoms with Crippen LogP contribution in [-0.2, 0) is 0 Å². The summed E-state index contributed by atoms with van der Waals surface area (Å²) in [6.07, 6.45) is 10.7. The van der Waals surface area contributed by atoms with Gasteiger partial charge in [0.2, 0.25) is 0 Å². The first-order valence-corrected chi connectivity index (χ1v) is 11.4. The molecule has 0 unspecified atom stereocenters. The SMILES string of the molecule is CN(C)CCOc1cncc(-c2ccc3[nH]nc(-c4cc5c(-c6ccoc6)cncc5[nH]4)c3c2)c1. The Morgan fingerprint density at radius 1 is 0.886 bits per heavy atom. The van der Waals surface area contributed by atoms with Gasteiger partial charge < -0.3 is 19.0 Å². The number of aromatic nitrogens is 5. The molecular formula is C27H24N6O2. The molecule has 0 aliphatic carbocycles. The number of ether oxygens (including phenoxy) is 1. The maximum atomic E-state index is 5.88. The van der Waals surface area contributed by atoms with Gasteiger partial charge in [0, 0.05) is 46.4 Å². The van der Waals surface area contributed by atoms with E-state index in [2.05, 4.69) is 48.2 Å². The van der Waals surface area contributed by atoms with Crippen molar-refractivity contribution < 1.29 is 9.15 Å². The predicted octanol–water partition coefficient (Wildman–Crippen LogP) is 5.37. The Hall–Kier alpha value is -4.43. The van der Waals surface area contributed by atoms with E-state index < -0.39 is 0 Å². The average molecular weight is 465 g/mol. The van der Waals surface area contributed by atoms with Crippen molar-refractivity contribution in [1.82, 2.24) is 30.0 Å². The van der Waals surface area contributed by atoms with Crippen molar-refractivity contribution >= 4 is 21.8 Å². The number of benzene rings is 1. The second-order valence-corrected chi connectivity index (χ2v) is 8.74. The average Bonchev–Trinajstić information content (AvgIpc) is 3.62. The molecule has 0 saturated carbocycles. The van der Waals surface area contributed by atoms with Crippen LogP contribution < -0.4 is 4.74 Å². The van der Waals surface area contributed by atoms with Crippen molar-refractivity contribution in [3.05, 3.63) is 73.7 Å². The highest BCUT2D eigenvalue weighted by molar-refractivity contribution is 6.01. The van der Waals surface area contributed by atoms with E-state index in [1.807, 2.05) is 50.9 Å². The molecule has 6 aromatic rings. The van der Waals surface area contributed by atoms with E-state index in [4.69, 9.17) is 9.15 Å². The maximum Gasteiger partial charge on any atom is 0.138 e. The van der Waals surface area contributed by atoms with Gasteiger partial charge in [-0.05, 0) is 50.0 Å². The van der Waals surface area contributed by atoms with Crippen LogP contribution in [0.5, 0.6) is 5.75 Å². The van der Waals surface area contributed by atoms with Gasteiger partial charge >= 0.3 is 0 Å². The van der Waals surface area contributed by atoms with Gasteiger partial charge in [-0.1, -0.05) is 6.07 Å². The smallest absolute Gasteiger partial charge is 0.138 e. The summed E-state index contributed by atoms with van der Waals surface area (Å²) in [6.45, 7) is 1.45. The lowest BCUT2D eigenvalue weighted by Crippen LogP contribution is -2.19. The lowest BCUT2D eigenvalue weighted by molar-refractivity contribution is 0.261. The third kappa shape index (κ3) is 4.04. The molecule has 5 aromatic heterocycles. The quantitative estimate of drug-likeness (QED) is 0.330. The minimum atomic E-state index is 0.610. The molecule has 0 bridgehead atoms. The van der Waals surface area contributed by atoms with Crippen LogP contribution in [0, 0.1) is 0 Å². The van der Waals surface area contributed by atoms with Crippen molar-refractivity contribution in [3.8, 4) is 39.4 Å². The minimum absolute atomic E-state index is 0.610. The van der Waals surface area contributed by atoms with Gasteiger partial charge in [0.15, 0.2) is 0 Å². The van der Waals surface area contributed by atoms with Crippen LogP contribution in [0.1, 0.15) is 0 Å². The van der Waals surface area contributed by atoms with Gasteiger partial charge in [-0.15, -0.1) is 0 Å². The van der Waals surface area contributed by atoms with Crippen molar-refractivity contribution in [2.75, 3.05) is 27.2 Å². The molecular weight excluding hydrogens is 440 g/mol. The normalized spacial score (nSPS) is 11.6. The van der Waals surface area contributed by atoms with Gasteiger partial charge in [-0.2, -0.15) is 5.10 Å². The number of H-pyrrole nitrogens is 2. The summed E-state index contributed by atoms with van der Waals surface area (Å²) >= 11 is 0. The number of aromatic amines is 2. The summed E-state index contributed by atoms with van der Waals surface area (Å²) in [5.41, 5.74) is 7.70. The summed E-state index contributed by atoms with van der Waals surface area (Å²) in [7, 11) is 4.05. The number of nitrogens with one attached hydrogen (secondary N) is 2. The number of fused-ring (bicyclic) bond motifs is 2. The number of furan rings is 1. The van der Waals surface area contributed by atoms with Crippen molar-refractivity contribution in [2.24, 2.45) is 0 Å². The largest absolute Gasteiger partial charge is 0.491 e. The van der Waals surface area contributed by atoms with Crippen LogP contribution in [0.2, 0.25) is 0 Å². The zero-order valence-electron chi connectivity index (χ0n) is 19.4. The summed E-state index contributed by atoms with van der Waals surface area (Å²) < 4.78 is 11.2. The predicted molar refractivity (Wildman–Crippen MR) is 136 cm³/mol. The first-order chi connectivity index (χ1) is 17.2. The molecule has 0 fully saturated rings. The third-order valence-corrected chi connectivity index (χ3v) is 6.05. The van der Waals surface area contributed by atoms with E-state index in [-0.39, 0.29) is 0 Å². The molecule has 0 saturated heterocycles. The molecule has 174 valence electrons. The molecule has 0 amide bonds. The second-order valence-electron chi connectivity index (χ2n) is 8.74. The van der Waals surface area contributed by atoms with Gasteiger partial charge in [0.05, 0.1) is 41.6 Å². The fourth-order valence-corrected chi connectivity index (χ4v) is 4.23. The van der Waals surface area contributed by atoms with Gasteiger partial charge in [0.25, 0.3) is 0 Å². The zero-order valence-corrected chi connectivity index (χ0v) is 19.4. The standard InChI is InChI=1S/C27H24N6O2/c1-33(2)6-8-35-20-9-19(12-28-13-20)17-3-4-24-22(10-17)27(32-31-24)25-11-21-23(18-5-7-34-16-18)14-29-15-26(21)30-25/h3-5,7,9-16,30H,6,8H2,1-2H3,(H,31,32). The number of rotatable bonds is 7. The molecule has 2 N–H and O–H groups in total. The Kier molecular flexibility index (Phi) is 5.27. The lowest BCUT2D eigenvalue weighted by atomic mass is 10.0. The molecule has 0 atom stereocenters. The second kappa shape index (κ2) is 8.73. The molecule has 0 aliphatic rings. The van der Waals surface area contributed by atoms with Crippen molar-refractivity contribution in [2.45, 2.75) is 0 Å². The van der Waals surface area contributed by atoms with Crippen LogP contribution in [0.4, 0.5) is 0 Å². The molecule has 8 nitrogen and oxygen atoms in total. The van der Waals surface area contributed by atoms with E-state index in [1.165, 1.54) is 0 Å². The Bertz CT molecular complexity index is 1610. The van der Waals surface area contributed by atoms with Crippen molar-refractivity contribution in [3.63, 3.8) is 0 Å². The molecule has 0 spiro atoms. The van der Waals surface area contributed by atoms with Crippen LogP contribution in [-0.4, -0.2) is 57.3 Å². The Balaban J connectivity index is 1.38. The fourth-order valence-electron chi connectivity index (χ4n) is 4.23. The first-order valence-electron chi connectivity index (χ1n) is 11.4. The van der Waals surface area contributed by atoms with Crippen LogP contribution >= 0.6 is 0 Å². The van der Waals surface area contributed by atoms with E-state index >= 15 is 0 Å². The number of nitrogens with zero attached hydrogens (tertiary/aromatic N) is 4. The summed E-state index contributed by atoms with van der Waals surface area (Å²) in [6, 6.07) is 12.3. The maximum absolute atomic E-state index is 5.88. The van der Waals surface area contributed by atoms with Crippen LogP contribution in [0.3, 0.4) is 0 Å². The molecule has 1 aromatic carbocycles. The first kappa shape index (κ1) is 21.1. The van der Waals surface area contributed by atoms with E-state index in [1.54, 1.807) is 18.7 Å². The van der Waals surface area contributed by atoms with Gasteiger partial charge in [-0.3, -0.25) is 15.1 Å². The highest BCUT2D eigenvalue weighted by atomic mass is 16.5. The highest BCUT2D eigenvalue weighted by Crippen LogP contribution is 2.35. The van der Waals surface area contributed by atoms with Crippen LogP contribution in [0.25, 0.3) is 55.4 Å². The molecule has 5 heterocycles. The highest BCUT2D eigenvalue weighted by Gasteiger charge is 2.15. The topological polar surface area (TPSA) is 95.9 Å².